The van der Waals surface area contributed by atoms with Gasteiger partial charge in [-0.25, -0.2) is 14.6 Å². The van der Waals surface area contributed by atoms with E-state index in [1.54, 1.807) is 41.7 Å². The summed E-state index contributed by atoms with van der Waals surface area (Å²) in [5, 5.41) is 3.34. The minimum atomic E-state index is -0.844. The largest absolute Gasteiger partial charge is 0.466 e. The number of halogens is 2. The van der Waals surface area contributed by atoms with Crippen LogP contribution in [0.25, 0.3) is 0 Å². The monoisotopic (exact) mass is 415 g/mol. The van der Waals surface area contributed by atoms with E-state index in [0.29, 0.717) is 17.2 Å². The maximum absolute atomic E-state index is 13.0. The summed E-state index contributed by atoms with van der Waals surface area (Å²) in [5.41, 5.74) is 0.873. The van der Waals surface area contributed by atoms with Crippen LogP contribution in [0.15, 0.2) is 22.5 Å². The molecule has 2 rings (SSSR count). The summed E-state index contributed by atoms with van der Waals surface area (Å²) < 4.78 is 12.0. The molecule has 0 bridgehead atoms. The van der Waals surface area contributed by atoms with Crippen LogP contribution in [0.4, 0.5) is 0 Å². The topological polar surface area (TPSA) is 82.4 Å². The predicted octanol–water partition coefficient (Wildman–Crippen LogP) is 3.48. The summed E-state index contributed by atoms with van der Waals surface area (Å²) in [6, 6.07) is 0. The Morgan fingerprint density at radius 2 is 1.63 bits per heavy atom. The van der Waals surface area contributed by atoms with Crippen LogP contribution in [-0.4, -0.2) is 34.2 Å². The second-order valence-corrected chi connectivity index (χ2v) is 7.96. The zero-order valence-electron chi connectivity index (χ0n) is 16.4. The summed E-state index contributed by atoms with van der Waals surface area (Å²) in [6.45, 7) is 8.76. The number of ether oxygens (including phenoxy) is 2. The van der Waals surface area contributed by atoms with E-state index in [0.717, 1.165) is 0 Å². The number of dihydropyridines is 1. The Balaban J connectivity index is 2.72. The fourth-order valence-electron chi connectivity index (χ4n) is 2.96. The Kier molecular flexibility index (Phi) is 5.97. The number of nitrogens with zero attached hydrogens (tertiary/aromatic N) is 2. The van der Waals surface area contributed by atoms with Gasteiger partial charge in [0, 0.05) is 18.4 Å². The fraction of sp³-hybridized carbons (Fsp3) is 0.500. The molecule has 1 aromatic heterocycles. The summed E-state index contributed by atoms with van der Waals surface area (Å²) in [7, 11) is 2.93. The highest BCUT2D eigenvalue weighted by molar-refractivity contribution is 6.40. The third-order valence-electron chi connectivity index (χ3n) is 4.06. The van der Waals surface area contributed by atoms with Gasteiger partial charge in [0.15, 0.2) is 5.15 Å². The van der Waals surface area contributed by atoms with Gasteiger partial charge >= 0.3 is 11.9 Å². The summed E-state index contributed by atoms with van der Waals surface area (Å²) in [5.74, 6) is -1.66. The number of esters is 2. The van der Waals surface area contributed by atoms with E-state index in [1.165, 1.54) is 11.7 Å². The lowest BCUT2D eigenvalue weighted by atomic mass is 9.84. The van der Waals surface area contributed by atoms with E-state index in [9.17, 15) is 9.59 Å². The molecule has 27 heavy (non-hydrogen) atoms. The van der Waals surface area contributed by atoms with Crippen molar-refractivity contribution in [2.45, 2.75) is 46.1 Å². The minimum Gasteiger partial charge on any atom is -0.466 e. The van der Waals surface area contributed by atoms with Crippen LogP contribution in [0.1, 0.15) is 46.4 Å². The van der Waals surface area contributed by atoms with Crippen LogP contribution in [-0.2, 0) is 26.1 Å². The van der Waals surface area contributed by atoms with E-state index in [2.05, 4.69) is 10.3 Å². The average Bonchev–Trinajstić information content (AvgIpc) is 2.79. The van der Waals surface area contributed by atoms with Crippen molar-refractivity contribution in [1.29, 1.82) is 0 Å². The van der Waals surface area contributed by atoms with Crippen molar-refractivity contribution >= 4 is 35.1 Å². The molecule has 148 valence electrons. The molecule has 0 spiro atoms. The standard InChI is InChI=1S/C18H23Cl2N3O4/c1-8-10(16(24)26-7)12(15-22-13(19)14(20)23(15)6)11(9(2)21-8)17(25)27-18(3,4)5/h12,21H,1-7H3. The van der Waals surface area contributed by atoms with Crippen molar-refractivity contribution in [3.8, 4) is 0 Å². The second kappa shape index (κ2) is 7.56. The number of methoxy groups -OCH3 is 1. The lowest BCUT2D eigenvalue weighted by Gasteiger charge is -2.31. The molecule has 1 aromatic rings. The number of imidazole rings is 1. The minimum absolute atomic E-state index is 0.0794. The Morgan fingerprint density at radius 1 is 1.11 bits per heavy atom. The van der Waals surface area contributed by atoms with Gasteiger partial charge < -0.3 is 19.4 Å². The second-order valence-electron chi connectivity index (χ2n) is 7.24. The third-order valence-corrected chi connectivity index (χ3v) is 4.86. The van der Waals surface area contributed by atoms with Crippen molar-refractivity contribution < 1.29 is 19.1 Å². The Hall–Kier alpha value is -1.99. The van der Waals surface area contributed by atoms with Gasteiger partial charge in [0.2, 0.25) is 0 Å². The van der Waals surface area contributed by atoms with Gasteiger partial charge in [-0.1, -0.05) is 23.2 Å². The van der Waals surface area contributed by atoms with E-state index in [4.69, 9.17) is 32.7 Å². The Morgan fingerprint density at radius 3 is 2.04 bits per heavy atom. The van der Waals surface area contributed by atoms with Gasteiger partial charge in [-0.15, -0.1) is 0 Å². The van der Waals surface area contributed by atoms with E-state index in [-0.39, 0.29) is 21.5 Å². The zero-order valence-corrected chi connectivity index (χ0v) is 17.9. The predicted molar refractivity (Wildman–Crippen MR) is 102 cm³/mol. The molecule has 0 saturated heterocycles. The van der Waals surface area contributed by atoms with Crippen LogP contribution in [0, 0.1) is 0 Å². The highest BCUT2D eigenvalue weighted by Gasteiger charge is 2.41. The van der Waals surface area contributed by atoms with Crippen molar-refractivity contribution in [1.82, 2.24) is 14.9 Å². The highest BCUT2D eigenvalue weighted by Crippen LogP contribution is 2.40. The van der Waals surface area contributed by atoms with Gasteiger partial charge in [-0.3, -0.25) is 0 Å². The zero-order chi connectivity index (χ0) is 20.7. The lowest BCUT2D eigenvalue weighted by molar-refractivity contribution is -0.150. The molecule has 7 nitrogen and oxygen atoms in total. The molecule has 1 unspecified atom stereocenters. The molecule has 0 aliphatic carbocycles. The molecule has 0 aromatic carbocycles. The van der Waals surface area contributed by atoms with Crippen LogP contribution < -0.4 is 5.32 Å². The first-order valence-electron chi connectivity index (χ1n) is 8.26. The van der Waals surface area contributed by atoms with E-state index < -0.39 is 23.5 Å². The van der Waals surface area contributed by atoms with Crippen LogP contribution in [0.3, 0.4) is 0 Å². The summed E-state index contributed by atoms with van der Waals surface area (Å²) in [4.78, 5) is 29.8. The molecule has 1 aliphatic heterocycles. The third kappa shape index (κ3) is 4.14. The number of nitrogens with one attached hydrogen (secondary N) is 1. The first-order chi connectivity index (χ1) is 12.4. The molecule has 1 N–H and O–H groups in total. The van der Waals surface area contributed by atoms with Crippen LogP contribution in [0.2, 0.25) is 10.3 Å². The molecule has 0 fully saturated rings. The maximum Gasteiger partial charge on any atom is 0.337 e. The quantitative estimate of drug-likeness (QED) is 0.760. The first kappa shape index (κ1) is 21.3. The van der Waals surface area contributed by atoms with Gasteiger partial charge in [-0.2, -0.15) is 0 Å². The summed E-state index contributed by atoms with van der Waals surface area (Å²) >= 11 is 12.3. The molecule has 1 aliphatic rings. The fourth-order valence-corrected chi connectivity index (χ4v) is 3.30. The molecular formula is C18H23Cl2N3O4. The van der Waals surface area contributed by atoms with Crippen LogP contribution >= 0.6 is 23.2 Å². The van der Waals surface area contributed by atoms with Crippen molar-refractivity contribution in [3.05, 3.63) is 38.7 Å². The molecule has 9 heteroatoms. The number of carbonyl (C=O) groups is 2. The first-order valence-corrected chi connectivity index (χ1v) is 9.02. The van der Waals surface area contributed by atoms with Gasteiger partial charge in [0.05, 0.1) is 24.2 Å². The Labute approximate surface area is 168 Å². The molecule has 0 saturated carbocycles. The number of carbonyl (C=O) groups excluding carboxylic acids is 2. The molecule has 1 atom stereocenters. The van der Waals surface area contributed by atoms with Gasteiger partial charge in [0.1, 0.15) is 16.6 Å². The average molecular weight is 416 g/mol. The van der Waals surface area contributed by atoms with Crippen molar-refractivity contribution in [2.24, 2.45) is 7.05 Å². The van der Waals surface area contributed by atoms with Crippen molar-refractivity contribution in [3.63, 3.8) is 0 Å². The maximum atomic E-state index is 13.0. The molecule has 0 amide bonds. The van der Waals surface area contributed by atoms with E-state index in [1.807, 2.05) is 0 Å². The lowest BCUT2D eigenvalue weighted by Crippen LogP contribution is -2.35. The number of allylic oxidation sites excluding steroid dienone is 2. The van der Waals surface area contributed by atoms with E-state index >= 15 is 0 Å². The number of hydrogen-bond acceptors (Lipinski definition) is 6. The highest BCUT2D eigenvalue weighted by atomic mass is 35.5. The number of rotatable bonds is 3. The smallest absolute Gasteiger partial charge is 0.337 e. The molecular weight excluding hydrogens is 393 g/mol. The van der Waals surface area contributed by atoms with Crippen LogP contribution in [0.5, 0.6) is 0 Å². The number of hydrogen-bond donors (Lipinski definition) is 1. The Bertz CT molecular complexity index is 863. The SMILES string of the molecule is COC(=O)C1=C(C)NC(C)=C(C(=O)OC(C)(C)C)C1c1nc(Cl)c(Cl)n1C. The molecule has 2 heterocycles. The molecule has 0 radical (unpaired) electrons. The normalized spacial score (nSPS) is 17.7. The van der Waals surface area contributed by atoms with Gasteiger partial charge in [0.25, 0.3) is 0 Å². The summed E-state index contributed by atoms with van der Waals surface area (Å²) in [6.07, 6.45) is 0. The number of aromatic nitrogens is 2. The van der Waals surface area contributed by atoms with Gasteiger partial charge in [-0.05, 0) is 34.6 Å². The van der Waals surface area contributed by atoms with Crippen molar-refractivity contribution in [2.75, 3.05) is 7.11 Å².